The predicted molar refractivity (Wildman–Crippen MR) is 51.0 cm³/mol. The van der Waals surface area contributed by atoms with E-state index < -0.39 is 0 Å². The van der Waals surface area contributed by atoms with Crippen LogP contribution in [0.1, 0.15) is 17.5 Å². The van der Waals surface area contributed by atoms with E-state index in [9.17, 15) is 0 Å². The molecule has 1 fully saturated rings. The lowest BCUT2D eigenvalue weighted by Gasteiger charge is -2.22. The van der Waals surface area contributed by atoms with Crippen LogP contribution in [0.5, 0.6) is 0 Å². The lowest BCUT2D eigenvalue weighted by Crippen LogP contribution is -2.26. The Kier molecular flexibility index (Phi) is 2.37. The van der Waals surface area contributed by atoms with Gasteiger partial charge in [0.15, 0.2) is 0 Å². The number of nitrogens with one attached hydrogen (secondary N) is 1. The highest BCUT2D eigenvalue weighted by Gasteiger charge is 2.17. The number of aryl methyl sites for hydroxylation is 1. The molecule has 0 radical (unpaired) electrons. The molecule has 2 heterocycles. The van der Waals surface area contributed by atoms with Gasteiger partial charge in [0.05, 0.1) is 23.6 Å². The van der Waals surface area contributed by atoms with Crippen LogP contribution in [-0.4, -0.2) is 21.8 Å². The fourth-order valence-electron chi connectivity index (χ4n) is 1.38. The molecule has 1 saturated heterocycles. The van der Waals surface area contributed by atoms with E-state index in [4.69, 9.17) is 0 Å². The van der Waals surface area contributed by atoms with Gasteiger partial charge in [0.25, 0.3) is 0 Å². The van der Waals surface area contributed by atoms with Crippen LogP contribution in [0.4, 0.5) is 0 Å². The summed E-state index contributed by atoms with van der Waals surface area (Å²) in [6.45, 7) is 1.13. The monoisotopic (exact) mass is 183 g/mol. The first-order valence-corrected chi connectivity index (χ1v) is 5.24. The maximum atomic E-state index is 4.11. The highest BCUT2D eigenvalue weighted by Crippen LogP contribution is 2.28. The van der Waals surface area contributed by atoms with Crippen molar-refractivity contribution in [2.75, 3.05) is 12.3 Å². The normalized spacial score (nSPS) is 24.2. The fraction of sp³-hybridized carbons (Fsp3) is 0.625. The van der Waals surface area contributed by atoms with Crippen LogP contribution in [0.3, 0.4) is 0 Å². The first kappa shape index (κ1) is 8.13. The van der Waals surface area contributed by atoms with E-state index in [1.165, 1.54) is 17.9 Å². The molecule has 4 heteroatoms. The third-order valence-electron chi connectivity index (χ3n) is 2.06. The number of thioether (sulfide) groups is 1. The van der Waals surface area contributed by atoms with Crippen molar-refractivity contribution in [1.29, 1.82) is 0 Å². The molecule has 0 saturated carbocycles. The van der Waals surface area contributed by atoms with Gasteiger partial charge in [0.2, 0.25) is 0 Å². The molecule has 3 nitrogen and oxygen atoms in total. The minimum Gasteiger partial charge on any atom is -0.336 e. The summed E-state index contributed by atoms with van der Waals surface area (Å²) >= 11 is 1.96. The molecule has 1 aromatic heterocycles. The smallest absolute Gasteiger partial charge is 0.0957 e. The zero-order valence-corrected chi connectivity index (χ0v) is 7.97. The van der Waals surface area contributed by atoms with Crippen molar-refractivity contribution in [2.45, 2.75) is 11.8 Å². The van der Waals surface area contributed by atoms with Crippen molar-refractivity contribution in [3.63, 3.8) is 0 Å². The molecule has 1 aliphatic rings. The van der Waals surface area contributed by atoms with E-state index in [-0.39, 0.29) is 0 Å². The summed E-state index contributed by atoms with van der Waals surface area (Å²) in [6.07, 6.45) is 5.07. The molecule has 12 heavy (non-hydrogen) atoms. The Hall–Kier alpha value is -0.480. The Morgan fingerprint density at radius 1 is 1.75 bits per heavy atom. The largest absolute Gasteiger partial charge is 0.336 e. The van der Waals surface area contributed by atoms with Crippen LogP contribution in [0.15, 0.2) is 12.5 Å². The highest BCUT2D eigenvalue weighted by molar-refractivity contribution is 7.99. The maximum absolute atomic E-state index is 4.11. The summed E-state index contributed by atoms with van der Waals surface area (Å²) < 4.78 is 2.08. The summed E-state index contributed by atoms with van der Waals surface area (Å²) in [5.41, 5.74) is 1.28. The van der Waals surface area contributed by atoms with Gasteiger partial charge in [-0.2, -0.15) is 0 Å². The van der Waals surface area contributed by atoms with Crippen LogP contribution in [-0.2, 0) is 7.05 Å². The Morgan fingerprint density at radius 3 is 3.25 bits per heavy atom. The van der Waals surface area contributed by atoms with Crippen molar-refractivity contribution in [2.24, 2.45) is 7.05 Å². The zero-order valence-electron chi connectivity index (χ0n) is 7.16. The van der Waals surface area contributed by atoms with Crippen LogP contribution < -0.4 is 5.32 Å². The zero-order chi connectivity index (χ0) is 8.39. The molecule has 1 aliphatic heterocycles. The van der Waals surface area contributed by atoms with Crippen LogP contribution in [0, 0.1) is 0 Å². The van der Waals surface area contributed by atoms with Gasteiger partial charge < -0.3 is 9.88 Å². The van der Waals surface area contributed by atoms with Gasteiger partial charge in [-0.1, -0.05) is 0 Å². The number of rotatable bonds is 1. The minimum absolute atomic E-state index is 0.450. The summed E-state index contributed by atoms with van der Waals surface area (Å²) in [4.78, 5) is 4.11. The Balaban J connectivity index is 2.13. The summed E-state index contributed by atoms with van der Waals surface area (Å²) in [5.74, 6) is 1.25. The molecule has 1 unspecified atom stereocenters. The van der Waals surface area contributed by atoms with Crippen LogP contribution in [0.2, 0.25) is 0 Å². The molecule has 0 bridgehead atoms. The number of imidazole rings is 1. The second-order valence-electron chi connectivity index (χ2n) is 2.99. The summed E-state index contributed by atoms with van der Waals surface area (Å²) in [5, 5.41) is 3.91. The molecule has 0 aliphatic carbocycles. The van der Waals surface area contributed by atoms with Gasteiger partial charge in [0.1, 0.15) is 0 Å². The Morgan fingerprint density at radius 2 is 2.67 bits per heavy atom. The van der Waals surface area contributed by atoms with Crippen molar-refractivity contribution in [1.82, 2.24) is 14.9 Å². The number of nitrogens with zero attached hydrogens (tertiary/aromatic N) is 2. The number of hydrogen-bond donors (Lipinski definition) is 1. The maximum Gasteiger partial charge on any atom is 0.0957 e. The number of aromatic nitrogens is 2. The molecule has 0 spiro atoms. The molecule has 0 aromatic carbocycles. The lowest BCUT2D eigenvalue weighted by atomic mass is 10.4. The van der Waals surface area contributed by atoms with Gasteiger partial charge in [-0.15, -0.1) is 11.8 Å². The number of hydrogen-bond acceptors (Lipinski definition) is 3. The van der Waals surface area contributed by atoms with Gasteiger partial charge in [0, 0.05) is 7.05 Å². The second-order valence-corrected chi connectivity index (χ2v) is 4.20. The average Bonchev–Trinajstić information content (AvgIpc) is 2.53. The van der Waals surface area contributed by atoms with E-state index in [2.05, 4.69) is 14.9 Å². The van der Waals surface area contributed by atoms with E-state index in [0.29, 0.717) is 5.37 Å². The molecule has 1 atom stereocenters. The van der Waals surface area contributed by atoms with Gasteiger partial charge >= 0.3 is 0 Å². The average molecular weight is 183 g/mol. The molecule has 66 valence electrons. The summed E-state index contributed by atoms with van der Waals surface area (Å²) in [7, 11) is 2.04. The molecule has 1 aromatic rings. The minimum atomic E-state index is 0.450. The van der Waals surface area contributed by atoms with E-state index in [0.717, 1.165) is 6.54 Å². The SMILES string of the molecule is Cn1cncc1C1NCCCS1. The van der Waals surface area contributed by atoms with E-state index >= 15 is 0 Å². The Labute approximate surface area is 76.6 Å². The van der Waals surface area contributed by atoms with Crippen molar-refractivity contribution in [3.05, 3.63) is 18.2 Å². The molecule has 2 rings (SSSR count). The van der Waals surface area contributed by atoms with Crippen LogP contribution >= 0.6 is 11.8 Å². The molecule has 1 N–H and O–H groups in total. The first-order valence-electron chi connectivity index (χ1n) is 4.19. The third kappa shape index (κ3) is 1.49. The van der Waals surface area contributed by atoms with Crippen LogP contribution in [0.25, 0.3) is 0 Å². The third-order valence-corrected chi connectivity index (χ3v) is 3.32. The van der Waals surface area contributed by atoms with Crippen molar-refractivity contribution < 1.29 is 0 Å². The fourth-order valence-corrected chi connectivity index (χ4v) is 2.56. The lowest BCUT2D eigenvalue weighted by molar-refractivity contribution is 0.614. The second kappa shape index (κ2) is 3.49. The standard InChI is InChI=1S/C8H13N3S/c1-11-6-9-5-7(11)8-10-3-2-4-12-8/h5-6,8,10H,2-4H2,1H3. The van der Waals surface area contributed by atoms with E-state index in [1.807, 2.05) is 31.3 Å². The van der Waals surface area contributed by atoms with Gasteiger partial charge in [-0.25, -0.2) is 4.98 Å². The van der Waals surface area contributed by atoms with E-state index in [1.54, 1.807) is 0 Å². The Bertz CT molecular complexity index is 253. The summed E-state index contributed by atoms with van der Waals surface area (Å²) in [6, 6.07) is 0. The topological polar surface area (TPSA) is 29.9 Å². The highest BCUT2D eigenvalue weighted by atomic mass is 32.2. The molecular formula is C8H13N3S. The van der Waals surface area contributed by atoms with Gasteiger partial charge in [-0.3, -0.25) is 0 Å². The predicted octanol–water partition coefficient (Wildman–Crippen LogP) is 1.15. The molecule has 0 amide bonds. The van der Waals surface area contributed by atoms with Gasteiger partial charge in [-0.05, 0) is 18.7 Å². The van der Waals surface area contributed by atoms with Crippen molar-refractivity contribution >= 4 is 11.8 Å². The first-order chi connectivity index (χ1) is 5.88. The molecular weight excluding hydrogens is 170 g/mol. The quantitative estimate of drug-likeness (QED) is 0.708. The van der Waals surface area contributed by atoms with Crippen molar-refractivity contribution in [3.8, 4) is 0 Å².